The van der Waals surface area contributed by atoms with E-state index in [9.17, 15) is 14.7 Å². The molecule has 0 spiro atoms. The molecule has 1 aliphatic carbocycles. The van der Waals surface area contributed by atoms with Crippen LogP contribution in [0, 0.1) is 11.3 Å². The van der Waals surface area contributed by atoms with E-state index in [0.717, 1.165) is 12.8 Å². The molecule has 1 fully saturated rings. The number of hydrogen-bond donors (Lipinski definition) is 2. The first-order valence-electron chi connectivity index (χ1n) is 6.93. The Bertz CT molecular complexity index is 343. The predicted octanol–water partition coefficient (Wildman–Crippen LogP) is 2.32. The normalized spacial score (nSPS) is 17.2. The zero-order valence-electron chi connectivity index (χ0n) is 12.6. The van der Waals surface area contributed by atoms with Crippen LogP contribution in [-0.4, -0.2) is 40.6 Å². The molecule has 19 heavy (non-hydrogen) atoms. The van der Waals surface area contributed by atoms with Crippen molar-refractivity contribution in [1.29, 1.82) is 0 Å². The van der Waals surface area contributed by atoms with Gasteiger partial charge in [0.1, 0.15) is 6.04 Å². The monoisotopic (exact) mass is 270 g/mol. The summed E-state index contributed by atoms with van der Waals surface area (Å²) in [5, 5.41) is 11.9. The molecule has 1 rings (SSSR count). The van der Waals surface area contributed by atoms with Gasteiger partial charge in [-0.2, -0.15) is 0 Å². The number of amides is 2. The fourth-order valence-corrected chi connectivity index (χ4v) is 2.03. The van der Waals surface area contributed by atoms with E-state index in [2.05, 4.69) is 19.2 Å². The fourth-order valence-electron chi connectivity index (χ4n) is 2.03. The molecule has 0 heterocycles. The molecule has 2 N–H and O–H groups in total. The lowest BCUT2D eigenvalue weighted by Crippen LogP contribution is -2.54. The fraction of sp³-hybridized carbons (Fsp3) is 0.857. The van der Waals surface area contributed by atoms with Crippen LogP contribution in [0.4, 0.5) is 4.79 Å². The van der Waals surface area contributed by atoms with Gasteiger partial charge in [-0.25, -0.2) is 9.59 Å². The van der Waals surface area contributed by atoms with Crippen LogP contribution in [0.5, 0.6) is 0 Å². The summed E-state index contributed by atoms with van der Waals surface area (Å²) in [6.07, 6.45) is 2.04. The number of carbonyl (C=O) groups excluding carboxylic acids is 1. The van der Waals surface area contributed by atoms with E-state index in [1.807, 2.05) is 20.8 Å². The smallest absolute Gasteiger partial charge is 0.326 e. The number of nitrogens with zero attached hydrogens (tertiary/aromatic N) is 1. The van der Waals surface area contributed by atoms with Gasteiger partial charge in [0.25, 0.3) is 0 Å². The van der Waals surface area contributed by atoms with Gasteiger partial charge >= 0.3 is 12.0 Å². The summed E-state index contributed by atoms with van der Waals surface area (Å²) in [7, 11) is 0. The van der Waals surface area contributed by atoms with Crippen molar-refractivity contribution in [3.8, 4) is 0 Å². The summed E-state index contributed by atoms with van der Waals surface area (Å²) < 4.78 is 0. The summed E-state index contributed by atoms with van der Waals surface area (Å²) in [6.45, 7) is 10.2. The first-order chi connectivity index (χ1) is 8.62. The van der Waals surface area contributed by atoms with Crippen molar-refractivity contribution in [2.24, 2.45) is 11.3 Å². The van der Waals surface area contributed by atoms with Crippen molar-refractivity contribution < 1.29 is 14.7 Å². The molecule has 0 unspecified atom stereocenters. The minimum Gasteiger partial charge on any atom is -0.480 e. The summed E-state index contributed by atoms with van der Waals surface area (Å²) in [5.41, 5.74) is -0.505. The highest BCUT2D eigenvalue weighted by Gasteiger charge is 2.37. The average molecular weight is 270 g/mol. The Kier molecular flexibility index (Phi) is 4.82. The second kappa shape index (κ2) is 5.80. The van der Waals surface area contributed by atoms with Crippen molar-refractivity contribution in [2.75, 3.05) is 6.54 Å². The molecule has 5 heteroatoms. The van der Waals surface area contributed by atoms with Crippen LogP contribution in [-0.2, 0) is 4.79 Å². The molecule has 0 saturated heterocycles. The van der Waals surface area contributed by atoms with Crippen LogP contribution in [0.1, 0.15) is 47.5 Å². The number of nitrogens with one attached hydrogen (secondary N) is 1. The molecule has 0 aromatic heterocycles. The quantitative estimate of drug-likeness (QED) is 0.805. The zero-order chi connectivity index (χ0) is 14.8. The molecule has 0 aliphatic heterocycles. The molecule has 1 atom stereocenters. The van der Waals surface area contributed by atoms with Gasteiger partial charge < -0.3 is 15.3 Å². The molecule has 1 saturated carbocycles. The van der Waals surface area contributed by atoms with E-state index in [-0.39, 0.29) is 12.1 Å². The maximum atomic E-state index is 12.3. The van der Waals surface area contributed by atoms with Crippen molar-refractivity contribution in [3.63, 3.8) is 0 Å². The topological polar surface area (TPSA) is 69.6 Å². The summed E-state index contributed by atoms with van der Waals surface area (Å²) in [6, 6.07) is -0.830. The number of carbonyl (C=O) groups is 2. The third-order valence-electron chi connectivity index (χ3n) is 3.19. The van der Waals surface area contributed by atoms with E-state index < -0.39 is 17.4 Å². The lowest BCUT2D eigenvalue weighted by molar-refractivity contribution is -0.142. The second-order valence-electron chi connectivity index (χ2n) is 6.86. The maximum Gasteiger partial charge on any atom is 0.326 e. The number of carboxylic acids is 1. The molecule has 0 aromatic carbocycles. The highest BCUT2D eigenvalue weighted by Crippen LogP contribution is 2.28. The van der Waals surface area contributed by atoms with E-state index in [0.29, 0.717) is 12.5 Å². The molecule has 2 amide bonds. The Morgan fingerprint density at radius 3 is 2.16 bits per heavy atom. The van der Waals surface area contributed by atoms with Crippen molar-refractivity contribution in [1.82, 2.24) is 10.2 Å². The molecule has 0 aromatic rings. The van der Waals surface area contributed by atoms with Crippen LogP contribution in [0.15, 0.2) is 0 Å². The number of urea groups is 1. The number of aliphatic carboxylic acids is 1. The van der Waals surface area contributed by atoms with Gasteiger partial charge in [-0.15, -0.1) is 0 Å². The SMILES string of the molecule is CC(C)CN(C(=O)N[C@@H](C(=O)O)C(C)(C)C)C1CC1. The Balaban J connectivity index is 2.71. The highest BCUT2D eigenvalue weighted by molar-refractivity contribution is 5.83. The van der Waals surface area contributed by atoms with Gasteiger partial charge in [-0.3, -0.25) is 0 Å². The molecule has 0 bridgehead atoms. The van der Waals surface area contributed by atoms with Gasteiger partial charge in [0, 0.05) is 12.6 Å². The van der Waals surface area contributed by atoms with Gasteiger partial charge in [0.2, 0.25) is 0 Å². The summed E-state index contributed by atoms with van der Waals surface area (Å²) in [5.74, 6) is -0.606. The Hall–Kier alpha value is -1.26. The number of hydrogen-bond acceptors (Lipinski definition) is 2. The summed E-state index contributed by atoms with van der Waals surface area (Å²) >= 11 is 0. The average Bonchev–Trinajstić information content (AvgIpc) is 3.03. The van der Waals surface area contributed by atoms with E-state index >= 15 is 0 Å². The third-order valence-corrected chi connectivity index (χ3v) is 3.19. The second-order valence-corrected chi connectivity index (χ2v) is 6.86. The van der Waals surface area contributed by atoms with Crippen LogP contribution < -0.4 is 5.32 Å². The van der Waals surface area contributed by atoms with Crippen molar-refractivity contribution in [3.05, 3.63) is 0 Å². The molecule has 1 aliphatic rings. The van der Waals surface area contributed by atoms with Crippen molar-refractivity contribution >= 4 is 12.0 Å². The lowest BCUT2D eigenvalue weighted by Gasteiger charge is -2.31. The number of rotatable bonds is 5. The van der Waals surface area contributed by atoms with E-state index in [1.165, 1.54) is 0 Å². The van der Waals surface area contributed by atoms with Gasteiger partial charge in [-0.05, 0) is 24.2 Å². The maximum absolute atomic E-state index is 12.3. The van der Waals surface area contributed by atoms with E-state index in [1.54, 1.807) is 4.90 Å². The third kappa shape index (κ3) is 4.73. The molecular formula is C14H26N2O3. The minimum atomic E-state index is -0.985. The Morgan fingerprint density at radius 2 is 1.84 bits per heavy atom. The first-order valence-corrected chi connectivity index (χ1v) is 6.93. The zero-order valence-corrected chi connectivity index (χ0v) is 12.6. The van der Waals surface area contributed by atoms with E-state index in [4.69, 9.17) is 0 Å². The minimum absolute atomic E-state index is 0.251. The number of carboxylic acid groups (broad SMARTS) is 1. The summed E-state index contributed by atoms with van der Waals surface area (Å²) in [4.78, 5) is 25.3. The van der Waals surface area contributed by atoms with Gasteiger partial charge in [0.15, 0.2) is 0 Å². The molecular weight excluding hydrogens is 244 g/mol. The Labute approximate surface area is 115 Å². The standard InChI is InChI=1S/C14H26N2O3/c1-9(2)8-16(10-6-7-10)13(19)15-11(12(17)18)14(3,4)5/h9-11H,6-8H2,1-5H3,(H,15,19)(H,17,18)/t11-/m0/s1. The molecule has 110 valence electrons. The lowest BCUT2D eigenvalue weighted by atomic mass is 9.87. The highest BCUT2D eigenvalue weighted by atomic mass is 16.4. The molecule has 0 radical (unpaired) electrons. The van der Waals surface area contributed by atoms with Gasteiger partial charge in [-0.1, -0.05) is 34.6 Å². The predicted molar refractivity (Wildman–Crippen MR) is 74.0 cm³/mol. The first kappa shape index (κ1) is 15.8. The Morgan fingerprint density at radius 1 is 1.32 bits per heavy atom. The largest absolute Gasteiger partial charge is 0.480 e. The van der Waals surface area contributed by atoms with Crippen LogP contribution >= 0.6 is 0 Å². The molecule has 5 nitrogen and oxygen atoms in total. The van der Waals surface area contributed by atoms with Crippen LogP contribution in [0.25, 0.3) is 0 Å². The van der Waals surface area contributed by atoms with Gasteiger partial charge in [0.05, 0.1) is 0 Å². The van der Waals surface area contributed by atoms with Crippen LogP contribution in [0.3, 0.4) is 0 Å². The van der Waals surface area contributed by atoms with Crippen LogP contribution in [0.2, 0.25) is 0 Å². The van der Waals surface area contributed by atoms with Crippen molar-refractivity contribution in [2.45, 2.75) is 59.5 Å².